The number of aromatic amines is 1. The third-order valence-electron chi connectivity index (χ3n) is 4.57. The van der Waals surface area contributed by atoms with E-state index in [9.17, 15) is 8.42 Å². The lowest BCUT2D eigenvalue weighted by Crippen LogP contribution is -2.20. The molecule has 0 amide bonds. The van der Waals surface area contributed by atoms with Gasteiger partial charge in [0.15, 0.2) is 0 Å². The number of hydrogen-bond acceptors (Lipinski definition) is 4. The van der Waals surface area contributed by atoms with Crippen LogP contribution in [-0.4, -0.2) is 24.8 Å². The van der Waals surface area contributed by atoms with E-state index in [0.717, 1.165) is 23.2 Å². The zero-order valence-corrected chi connectivity index (χ0v) is 17.3. The summed E-state index contributed by atoms with van der Waals surface area (Å²) in [6.07, 6.45) is 4.05. The van der Waals surface area contributed by atoms with Gasteiger partial charge in [-0.2, -0.15) is 18.6 Å². The first kappa shape index (κ1) is 19.8. The lowest BCUT2D eigenvalue weighted by Gasteiger charge is -2.11. The van der Waals surface area contributed by atoms with Gasteiger partial charge in [0.05, 0.1) is 23.0 Å². The number of hydrazone groups is 1. The van der Waals surface area contributed by atoms with Gasteiger partial charge < -0.3 is 0 Å². The third kappa shape index (κ3) is 4.14. The van der Waals surface area contributed by atoms with Crippen molar-refractivity contribution in [3.63, 3.8) is 0 Å². The average molecular weight is 397 g/mol. The van der Waals surface area contributed by atoms with E-state index in [1.54, 1.807) is 20.0 Å². The standard InChI is InChI=1S/C21H24N4O2S/c1-5-17-6-8-18(9-7-17)20-19(12-22-24-20)13-23-25-28(26,27)21-15(3)10-14(2)11-16(21)4/h6-13,25H,5H2,1-4H3,(H,22,24)/b23-13+. The number of hydrogen-bond donors (Lipinski definition) is 2. The van der Waals surface area contributed by atoms with Crippen molar-refractivity contribution < 1.29 is 8.42 Å². The van der Waals surface area contributed by atoms with Crippen molar-refractivity contribution in [3.05, 3.63) is 70.4 Å². The quantitative estimate of drug-likeness (QED) is 0.490. The summed E-state index contributed by atoms with van der Waals surface area (Å²) in [5.41, 5.74) is 6.10. The van der Waals surface area contributed by atoms with E-state index in [-0.39, 0.29) is 4.90 Å². The summed E-state index contributed by atoms with van der Waals surface area (Å²) in [6.45, 7) is 7.61. The van der Waals surface area contributed by atoms with E-state index in [4.69, 9.17) is 0 Å². The molecule has 0 spiro atoms. The van der Waals surface area contributed by atoms with Gasteiger partial charge >= 0.3 is 0 Å². The van der Waals surface area contributed by atoms with Crippen LogP contribution in [0.4, 0.5) is 0 Å². The van der Waals surface area contributed by atoms with Crippen molar-refractivity contribution in [1.82, 2.24) is 15.0 Å². The second-order valence-corrected chi connectivity index (χ2v) is 8.43. The van der Waals surface area contributed by atoms with Crippen LogP contribution in [0.3, 0.4) is 0 Å². The van der Waals surface area contributed by atoms with Crippen LogP contribution in [0.15, 0.2) is 52.6 Å². The molecular formula is C21H24N4O2S. The van der Waals surface area contributed by atoms with Gasteiger partial charge in [-0.25, -0.2) is 4.83 Å². The van der Waals surface area contributed by atoms with Crippen molar-refractivity contribution in [3.8, 4) is 11.3 Å². The molecule has 2 aromatic carbocycles. The molecule has 0 aliphatic rings. The molecule has 0 aliphatic heterocycles. The Balaban J connectivity index is 1.83. The monoisotopic (exact) mass is 396 g/mol. The fourth-order valence-electron chi connectivity index (χ4n) is 3.33. The molecule has 0 fully saturated rings. The first-order chi connectivity index (χ1) is 13.3. The summed E-state index contributed by atoms with van der Waals surface area (Å²) in [6, 6.07) is 11.8. The molecule has 0 unspecified atom stereocenters. The summed E-state index contributed by atoms with van der Waals surface area (Å²) in [7, 11) is -3.76. The van der Waals surface area contributed by atoms with Crippen molar-refractivity contribution in [1.29, 1.82) is 0 Å². The van der Waals surface area contributed by atoms with Crippen LogP contribution < -0.4 is 4.83 Å². The van der Waals surface area contributed by atoms with Gasteiger partial charge in [-0.05, 0) is 43.9 Å². The minimum Gasteiger partial charge on any atom is -0.277 e. The molecule has 0 radical (unpaired) electrons. The summed E-state index contributed by atoms with van der Waals surface area (Å²) >= 11 is 0. The number of rotatable bonds is 6. The summed E-state index contributed by atoms with van der Waals surface area (Å²) < 4.78 is 25.4. The third-order valence-corrected chi connectivity index (χ3v) is 6.10. The lowest BCUT2D eigenvalue weighted by molar-refractivity contribution is 0.583. The van der Waals surface area contributed by atoms with Crippen LogP contribution in [-0.2, 0) is 16.4 Å². The Labute approximate surface area is 165 Å². The van der Waals surface area contributed by atoms with Gasteiger partial charge in [0, 0.05) is 11.1 Å². The zero-order chi connectivity index (χ0) is 20.3. The Bertz CT molecular complexity index is 1090. The number of nitrogens with one attached hydrogen (secondary N) is 2. The predicted octanol–water partition coefficient (Wildman–Crippen LogP) is 3.88. The maximum atomic E-state index is 12.7. The number of nitrogens with zero attached hydrogens (tertiary/aromatic N) is 2. The maximum Gasteiger partial charge on any atom is 0.277 e. The van der Waals surface area contributed by atoms with Crippen molar-refractivity contribution in [2.45, 2.75) is 39.0 Å². The Hall–Kier alpha value is -2.93. The smallest absolute Gasteiger partial charge is 0.277 e. The molecule has 3 aromatic rings. The van der Waals surface area contributed by atoms with E-state index in [1.165, 1.54) is 11.8 Å². The molecule has 28 heavy (non-hydrogen) atoms. The second-order valence-electron chi connectivity index (χ2n) is 6.83. The van der Waals surface area contributed by atoms with Gasteiger partial charge in [-0.15, -0.1) is 0 Å². The molecule has 1 heterocycles. The van der Waals surface area contributed by atoms with Crippen LogP contribution in [0.1, 0.15) is 34.7 Å². The minimum atomic E-state index is -3.76. The average Bonchev–Trinajstić information content (AvgIpc) is 3.09. The molecule has 146 valence electrons. The highest BCUT2D eigenvalue weighted by Gasteiger charge is 2.19. The predicted molar refractivity (Wildman–Crippen MR) is 112 cm³/mol. The minimum absolute atomic E-state index is 0.262. The number of benzene rings is 2. The van der Waals surface area contributed by atoms with Crippen LogP contribution in [0, 0.1) is 20.8 Å². The Morgan fingerprint density at radius 2 is 1.75 bits per heavy atom. The van der Waals surface area contributed by atoms with Gasteiger partial charge in [0.1, 0.15) is 0 Å². The first-order valence-corrected chi connectivity index (χ1v) is 10.6. The van der Waals surface area contributed by atoms with Gasteiger partial charge in [-0.1, -0.05) is 48.9 Å². The summed E-state index contributed by atoms with van der Waals surface area (Å²) in [5.74, 6) is 0. The molecule has 3 rings (SSSR count). The highest BCUT2D eigenvalue weighted by molar-refractivity contribution is 7.89. The fraction of sp³-hybridized carbons (Fsp3) is 0.238. The molecule has 2 N–H and O–H groups in total. The highest BCUT2D eigenvalue weighted by atomic mass is 32.2. The topological polar surface area (TPSA) is 87.2 Å². The van der Waals surface area contributed by atoms with E-state index >= 15 is 0 Å². The Morgan fingerprint density at radius 3 is 2.36 bits per heavy atom. The SMILES string of the molecule is CCc1ccc(-c2[nH]ncc2/C=N/NS(=O)(=O)c2c(C)cc(C)cc2C)cc1. The number of sulfonamides is 1. The van der Waals surface area contributed by atoms with Crippen LogP contribution in [0.2, 0.25) is 0 Å². The number of H-pyrrole nitrogens is 1. The van der Waals surface area contributed by atoms with Gasteiger partial charge in [0.25, 0.3) is 10.0 Å². The van der Waals surface area contributed by atoms with E-state index in [0.29, 0.717) is 16.7 Å². The largest absolute Gasteiger partial charge is 0.277 e. The van der Waals surface area contributed by atoms with E-state index in [2.05, 4.69) is 39.2 Å². The van der Waals surface area contributed by atoms with E-state index < -0.39 is 10.0 Å². The van der Waals surface area contributed by atoms with Gasteiger partial charge in [-0.3, -0.25) is 5.10 Å². The lowest BCUT2D eigenvalue weighted by atomic mass is 10.1. The highest BCUT2D eigenvalue weighted by Crippen LogP contribution is 2.22. The van der Waals surface area contributed by atoms with Crippen LogP contribution in [0.25, 0.3) is 11.3 Å². The molecule has 1 aromatic heterocycles. The zero-order valence-electron chi connectivity index (χ0n) is 16.4. The number of aryl methyl sites for hydroxylation is 4. The molecule has 0 bridgehead atoms. The normalized spacial score (nSPS) is 11.9. The molecule has 0 saturated carbocycles. The molecule has 7 heteroatoms. The fourth-order valence-corrected chi connectivity index (χ4v) is 4.58. The van der Waals surface area contributed by atoms with Crippen molar-refractivity contribution >= 4 is 16.2 Å². The molecule has 0 saturated heterocycles. The van der Waals surface area contributed by atoms with Crippen LogP contribution in [0.5, 0.6) is 0 Å². The summed E-state index contributed by atoms with van der Waals surface area (Å²) in [5, 5.41) is 11.0. The van der Waals surface area contributed by atoms with Crippen LogP contribution >= 0.6 is 0 Å². The second kappa shape index (κ2) is 7.98. The van der Waals surface area contributed by atoms with E-state index in [1.807, 2.05) is 31.2 Å². The molecular weight excluding hydrogens is 372 g/mol. The molecule has 0 atom stereocenters. The van der Waals surface area contributed by atoms with Gasteiger partial charge in [0.2, 0.25) is 0 Å². The first-order valence-electron chi connectivity index (χ1n) is 9.07. The van der Waals surface area contributed by atoms with Crippen molar-refractivity contribution in [2.75, 3.05) is 0 Å². The molecule has 0 aliphatic carbocycles. The summed E-state index contributed by atoms with van der Waals surface area (Å²) in [4.78, 5) is 2.57. The number of aromatic nitrogens is 2. The molecule has 6 nitrogen and oxygen atoms in total. The van der Waals surface area contributed by atoms with Crippen molar-refractivity contribution in [2.24, 2.45) is 5.10 Å². The Morgan fingerprint density at radius 1 is 1.11 bits per heavy atom. The maximum absolute atomic E-state index is 12.7. The Kier molecular flexibility index (Phi) is 5.65.